The molecule has 1 nitrogen and oxygen atoms in total. The molecule has 0 N–H and O–H groups in total. The topological polar surface area (TPSA) is 9.23 Å². The van der Waals surface area contributed by atoms with Gasteiger partial charge in [0.05, 0.1) is 5.88 Å². The summed E-state index contributed by atoms with van der Waals surface area (Å²) < 4.78 is 7.87. The first-order chi connectivity index (χ1) is 8.19. The van der Waals surface area contributed by atoms with Gasteiger partial charge in [-0.1, -0.05) is 15.9 Å². The van der Waals surface area contributed by atoms with E-state index in [4.69, 9.17) is 16.3 Å². The third-order valence-electron chi connectivity index (χ3n) is 2.16. The summed E-state index contributed by atoms with van der Waals surface area (Å²) in [4.78, 5) is 1.18. The van der Waals surface area contributed by atoms with E-state index >= 15 is 0 Å². The summed E-state index contributed by atoms with van der Waals surface area (Å²) in [6.45, 7) is 0.571. The third-order valence-corrected chi connectivity index (χ3v) is 4.61. The maximum atomic E-state index is 5.88. The second-order valence-corrected chi connectivity index (χ2v) is 6.50. The number of benzene rings is 1. The van der Waals surface area contributed by atoms with Gasteiger partial charge in [0.25, 0.3) is 0 Å². The van der Waals surface area contributed by atoms with Gasteiger partial charge in [0, 0.05) is 24.8 Å². The van der Waals surface area contributed by atoms with Gasteiger partial charge in [0.15, 0.2) is 0 Å². The molecule has 0 radical (unpaired) electrons. The van der Waals surface area contributed by atoms with E-state index in [2.05, 4.69) is 37.9 Å². The first-order valence-corrected chi connectivity index (χ1v) is 7.89. The Kier molecular flexibility index (Phi) is 4.91. The fraction of sp³-hybridized carbons (Fsp3) is 0.167. The van der Waals surface area contributed by atoms with E-state index in [-0.39, 0.29) is 0 Å². The molecule has 0 fully saturated rings. The molecule has 0 amide bonds. The van der Waals surface area contributed by atoms with Crippen LogP contribution in [0.3, 0.4) is 0 Å². The van der Waals surface area contributed by atoms with Gasteiger partial charge < -0.3 is 4.74 Å². The summed E-state index contributed by atoms with van der Waals surface area (Å²) >= 11 is 14.4. The van der Waals surface area contributed by atoms with Crippen LogP contribution >= 0.6 is 54.8 Å². The molecule has 0 saturated heterocycles. The molecule has 0 aliphatic rings. The highest BCUT2D eigenvalue weighted by Crippen LogP contribution is 2.27. The fourth-order valence-electron chi connectivity index (χ4n) is 1.37. The maximum absolute atomic E-state index is 5.88. The van der Waals surface area contributed by atoms with Crippen molar-refractivity contribution in [2.75, 3.05) is 0 Å². The van der Waals surface area contributed by atoms with Gasteiger partial charge in [-0.05, 0) is 40.2 Å². The third kappa shape index (κ3) is 3.71. The first-order valence-electron chi connectivity index (χ1n) is 4.89. The van der Waals surface area contributed by atoms with E-state index < -0.39 is 0 Å². The molecule has 0 aliphatic carbocycles. The van der Waals surface area contributed by atoms with E-state index in [1.54, 1.807) is 11.3 Å². The van der Waals surface area contributed by atoms with Crippen LogP contribution < -0.4 is 4.74 Å². The number of hydrogen-bond donors (Lipinski definition) is 0. The summed E-state index contributed by atoms with van der Waals surface area (Å²) in [5, 5.41) is 2.04. The van der Waals surface area contributed by atoms with E-state index in [1.165, 1.54) is 4.88 Å². The molecule has 0 unspecified atom stereocenters. The minimum absolute atomic E-state index is 0.447. The lowest BCUT2D eigenvalue weighted by molar-refractivity contribution is 0.307. The summed E-state index contributed by atoms with van der Waals surface area (Å²) in [5.74, 6) is 1.29. The highest BCUT2D eigenvalue weighted by atomic mass is 79.9. The zero-order valence-electron chi connectivity index (χ0n) is 8.75. The van der Waals surface area contributed by atoms with Crippen molar-refractivity contribution >= 4 is 54.8 Å². The molecule has 90 valence electrons. The summed E-state index contributed by atoms with van der Waals surface area (Å²) in [5.41, 5.74) is 0.997. The zero-order chi connectivity index (χ0) is 12.3. The Hall–Kier alpha value is -0.0300. The molecule has 17 heavy (non-hydrogen) atoms. The molecular weight excluding hydrogens is 387 g/mol. The normalized spacial score (nSPS) is 10.5. The van der Waals surface area contributed by atoms with Gasteiger partial charge >= 0.3 is 0 Å². The Labute approximate surface area is 126 Å². The van der Waals surface area contributed by atoms with Gasteiger partial charge in [-0.3, -0.25) is 0 Å². The van der Waals surface area contributed by atoms with Crippen molar-refractivity contribution in [2.24, 2.45) is 0 Å². The van der Waals surface area contributed by atoms with Crippen molar-refractivity contribution in [2.45, 2.75) is 12.5 Å². The lowest BCUT2D eigenvalue weighted by Gasteiger charge is -2.09. The maximum Gasteiger partial charge on any atom is 0.124 e. The smallest absolute Gasteiger partial charge is 0.124 e. The standard InChI is InChI=1S/C12H9Br2ClOS/c13-9-1-2-12(8(3-9)5-15)16-6-11-4-10(14)7-17-11/h1-4,7H,5-6H2. The van der Waals surface area contributed by atoms with E-state index in [0.29, 0.717) is 12.5 Å². The molecule has 1 heterocycles. The molecule has 0 aliphatic heterocycles. The zero-order valence-corrected chi connectivity index (χ0v) is 13.5. The first kappa shape index (κ1) is 13.4. The van der Waals surface area contributed by atoms with Crippen LogP contribution in [0.15, 0.2) is 38.6 Å². The molecule has 1 aromatic carbocycles. The van der Waals surface area contributed by atoms with Crippen molar-refractivity contribution in [1.82, 2.24) is 0 Å². The van der Waals surface area contributed by atoms with Crippen molar-refractivity contribution in [3.8, 4) is 5.75 Å². The van der Waals surface area contributed by atoms with Crippen molar-refractivity contribution < 1.29 is 4.74 Å². The molecular formula is C12H9Br2ClOS. The van der Waals surface area contributed by atoms with Crippen LogP contribution in [0.25, 0.3) is 0 Å². The minimum Gasteiger partial charge on any atom is -0.488 e. The Bertz CT molecular complexity index is 513. The Balaban J connectivity index is 2.08. The van der Waals surface area contributed by atoms with E-state index in [9.17, 15) is 0 Å². The van der Waals surface area contributed by atoms with Crippen LogP contribution in [0, 0.1) is 0 Å². The molecule has 0 spiro atoms. The predicted octanol–water partition coefficient (Wildman–Crippen LogP) is 5.59. The molecule has 2 aromatic rings. The number of hydrogen-bond acceptors (Lipinski definition) is 2. The number of ether oxygens (including phenoxy) is 1. The van der Waals surface area contributed by atoms with E-state index in [1.807, 2.05) is 23.6 Å². The van der Waals surface area contributed by atoms with Gasteiger partial charge in [0.2, 0.25) is 0 Å². The Morgan fingerprint density at radius 3 is 2.65 bits per heavy atom. The van der Waals surface area contributed by atoms with Crippen molar-refractivity contribution in [3.63, 3.8) is 0 Å². The molecule has 0 saturated carbocycles. The molecule has 2 rings (SSSR count). The van der Waals surface area contributed by atoms with Gasteiger partial charge in [0.1, 0.15) is 12.4 Å². The highest BCUT2D eigenvalue weighted by molar-refractivity contribution is 9.10. The van der Waals surface area contributed by atoms with Gasteiger partial charge in [-0.15, -0.1) is 22.9 Å². The van der Waals surface area contributed by atoms with Crippen molar-refractivity contribution in [3.05, 3.63) is 49.0 Å². The number of thiophene rings is 1. The van der Waals surface area contributed by atoms with Gasteiger partial charge in [-0.25, -0.2) is 0 Å². The molecule has 0 atom stereocenters. The monoisotopic (exact) mass is 394 g/mol. The lowest BCUT2D eigenvalue weighted by atomic mass is 10.2. The van der Waals surface area contributed by atoms with Gasteiger partial charge in [-0.2, -0.15) is 0 Å². The molecule has 0 bridgehead atoms. The van der Waals surface area contributed by atoms with Crippen LogP contribution in [-0.4, -0.2) is 0 Å². The lowest BCUT2D eigenvalue weighted by Crippen LogP contribution is -1.96. The number of alkyl halides is 1. The van der Waals surface area contributed by atoms with Crippen LogP contribution in [0.5, 0.6) is 5.75 Å². The van der Waals surface area contributed by atoms with E-state index in [0.717, 1.165) is 20.3 Å². The number of halogens is 3. The second kappa shape index (κ2) is 6.23. The minimum atomic E-state index is 0.447. The summed E-state index contributed by atoms with van der Waals surface area (Å²) in [7, 11) is 0. The highest BCUT2D eigenvalue weighted by Gasteiger charge is 2.05. The predicted molar refractivity (Wildman–Crippen MR) is 80.1 cm³/mol. The quantitative estimate of drug-likeness (QED) is 0.612. The largest absolute Gasteiger partial charge is 0.488 e. The SMILES string of the molecule is ClCc1cc(Br)ccc1OCc1cc(Br)cs1. The molecule has 1 aromatic heterocycles. The Morgan fingerprint density at radius 1 is 1.18 bits per heavy atom. The fourth-order valence-corrected chi connectivity index (χ4v) is 3.35. The summed E-state index contributed by atoms with van der Waals surface area (Å²) in [6, 6.07) is 7.93. The van der Waals surface area contributed by atoms with Crippen LogP contribution in [0.1, 0.15) is 10.4 Å². The van der Waals surface area contributed by atoms with Crippen LogP contribution in [0.2, 0.25) is 0 Å². The average molecular weight is 397 g/mol. The van der Waals surface area contributed by atoms with Crippen LogP contribution in [0.4, 0.5) is 0 Å². The number of rotatable bonds is 4. The average Bonchev–Trinajstić information content (AvgIpc) is 2.73. The van der Waals surface area contributed by atoms with Crippen molar-refractivity contribution in [1.29, 1.82) is 0 Å². The molecule has 5 heteroatoms. The summed E-state index contributed by atoms with van der Waals surface area (Å²) in [6.07, 6.45) is 0. The Morgan fingerprint density at radius 2 is 2.00 bits per heavy atom. The van der Waals surface area contributed by atoms with Crippen LogP contribution in [-0.2, 0) is 12.5 Å². The second-order valence-electron chi connectivity index (χ2n) is 3.41.